The number of unbranched alkanes of at least 4 members (excludes halogenated alkanes) is 1. The van der Waals surface area contributed by atoms with E-state index in [2.05, 4.69) is 6.92 Å². The van der Waals surface area contributed by atoms with Gasteiger partial charge in [0.05, 0.1) is 13.7 Å². The summed E-state index contributed by atoms with van der Waals surface area (Å²) >= 11 is 0. The molecule has 122 valence electrons. The Balaban J connectivity index is 2.11. The average molecular weight is 314 g/mol. The normalized spacial score (nSPS) is 10.9. The molecule has 0 aliphatic heterocycles. The van der Waals surface area contributed by atoms with Crippen molar-refractivity contribution in [3.05, 3.63) is 53.5 Å². The highest BCUT2D eigenvalue weighted by Gasteiger charge is 2.07. The molecule has 4 heteroatoms. The summed E-state index contributed by atoms with van der Waals surface area (Å²) in [5.41, 5.74) is 0.869. The third-order valence-corrected chi connectivity index (χ3v) is 3.35. The number of aryl methyl sites for hydroxylation is 1. The summed E-state index contributed by atoms with van der Waals surface area (Å²) < 4.78 is 16.4. The number of carbonyl (C=O) groups is 1. The van der Waals surface area contributed by atoms with Crippen LogP contribution in [0.3, 0.4) is 0 Å². The molecule has 1 aromatic carbocycles. The molecule has 0 aliphatic rings. The second-order valence-electron chi connectivity index (χ2n) is 5.22. The van der Waals surface area contributed by atoms with Crippen LogP contribution in [0.15, 0.2) is 40.8 Å². The van der Waals surface area contributed by atoms with E-state index in [9.17, 15) is 4.79 Å². The second kappa shape index (κ2) is 8.22. The van der Waals surface area contributed by atoms with Crippen molar-refractivity contribution in [1.29, 1.82) is 0 Å². The average Bonchev–Trinajstić information content (AvgIpc) is 2.99. The van der Waals surface area contributed by atoms with Gasteiger partial charge >= 0.3 is 0 Å². The molecule has 0 atom stereocenters. The topological polar surface area (TPSA) is 48.7 Å². The number of rotatable bonds is 8. The van der Waals surface area contributed by atoms with Crippen molar-refractivity contribution in [2.24, 2.45) is 0 Å². The predicted octanol–water partition coefficient (Wildman–Crippen LogP) is 4.67. The molecule has 0 saturated carbocycles. The summed E-state index contributed by atoms with van der Waals surface area (Å²) in [6.45, 7) is 4.57. The van der Waals surface area contributed by atoms with E-state index >= 15 is 0 Å². The zero-order chi connectivity index (χ0) is 16.7. The Morgan fingerprint density at radius 3 is 2.70 bits per heavy atom. The second-order valence-corrected chi connectivity index (χ2v) is 5.22. The van der Waals surface area contributed by atoms with Crippen molar-refractivity contribution in [1.82, 2.24) is 0 Å². The van der Waals surface area contributed by atoms with E-state index in [1.807, 2.05) is 25.1 Å². The maximum atomic E-state index is 12.0. The Kier molecular flexibility index (Phi) is 6.03. The lowest BCUT2D eigenvalue weighted by Gasteiger charge is -2.11. The van der Waals surface area contributed by atoms with Gasteiger partial charge in [0.1, 0.15) is 5.76 Å². The summed E-state index contributed by atoms with van der Waals surface area (Å²) in [6, 6.07) is 9.03. The fourth-order valence-corrected chi connectivity index (χ4v) is 2.06. The molecule has 0 saturated heterocycles. The number of benzene rings is 1. The highest BCUT2D eigenvalue weighted by molar-refractivity contribution is 6.04. The van der Waals surface area contributed by atoms with Gasteiger partial charge in [0.25, 0.3) is 0 Å². The fraction of sp³-hybridized carbons (Fsp3) is 0.316. The molecule has 0 fully saturated rings. The number of methoxy groups -OCH3 is 1. The van der Waals surface area contributed by atoms with Crippen molar-refractivity contribution in [2.75, 3.05) is 13.7 Å². The number of furan rings is 1. The maximum Gasteiger partial charge on any atom is 0.221 e. The van der Waals surface area contributed by atoms with Gasteiger partial charge < -0.3 is 13.9 Å². The molecule has 2 rings (SSSR count). The standard InChI is InChI=1S/C19H22O4/c1-4-5-12-22-19-13-15(8-11-18(19)21-3)7-9-16(20)17-10-6-14(2)23-17/h6-11,13H,4-5,12H2,1-3H3. The summed E-state index contributed by atoms with van der Waals surface area (Å²) in [6.07, 6.45) is 5.29. The first kappa shape index (κ1) is 16.9. The van der Waals surface area contributed by atoms with E-state index < -0.39 is 0 Å². The van der Waals surface area contributed by atoms with Crippen LogP contribution >= 0.6 is 0 Å². The highest BCUT2D eigenvalue weighted by atomic mass is 16.5. The van der Waals surface area contributed by atoms with E-state index in [0.717, 1.165) is 24.2 Å². The molecule has 0 spiro atoms. The van der Waals surface area contributed by atoms with Crippen molar-refractivity contribution in [3.8, 4) is 11.5 Å². The lowest BCUT2D eigenvalue weighted by Crippen LogP contribution is -1.99. The lowest BCUT2D eigenvalue weighted by molar-refractivity contribution is 0.102. The number of ether oxygens (including phenoxy) is 2. The Bertz CT molecular complexity index is 682. The van der Waals surface area contributed by atoms with E-state index in [0.29, 0.717) is 23.9 Å². The smallest absolute Gasteiger partial charge is 0.221 e. The zero-order valence-corrected chi connectivity index (χ0v) is 13.8. The molecule has 23 heavy (non-hydrogen) atoms. The van der Waals surface area contributed by atoms with Gasteiger partial charge in [-0.3, -0.25) is 4.79 Å². The summed E-state index contributed by atoms with van der Waals surface area (Å²) in [4.78, 5) is 12.0. The van der Waals surface area contributed by atoms with Gasteiger partial charge in [-0.1, -0.05) is 25.5 Å². The molecule has 0 bridgehead atoms. The Hall–Kier alpha value is -2.49. The van der Waals surface area contributed by atoms with Crippen LogP contribution in [-0.4, -0.2) is 19.5 Å². The van der Waals surface area contributed by atoms with Crippen LogP contribution in [0.5, 0.6) is 11.5 Å². The van der Waals surface area contributed by atoms with Gasteiger partial charge in [-0.05, 0) is 49.2 Å². The number of hydrogen-bond donors (Lipinski definition) is 0. The summed E-state index contributed by atoms with van der Waals surface area (Å²) in [7, 11) is 1.61. The van der Waals surface area contributed by atoms with Crippen LogP contribution in [0.25, 0.3) is 6.08 Å². The van der Waals surface area contributed by atoms with Gasteiger partial charge in [0.2, 0.25) is 5.78 Å². The molecule has 0 unspecified atom stereocenters. The first-order chi connectivity index (χ1) is 11.1. The monoisotopic (exact) mass is 314 g/mol. The van der Waals surface area contributed by atoms with Gasteiger partial charge in [-0.25, -0.2) is 0 Å². The van der Waals surface area contributed by atoms with Gasteiger partial charge in [-0.2, -0.15) is 0 Å². The number of ketones is 1. The van der Waals surface area contributed by atoms with Crippen LogP contribution in [0.2, 0.25) is 0 Å². The SMILES string of the molecule is CCCCOc1cc(C=CC(=O)c2ccc(C)o2)ccc1OC. The third kappa shape index (κ3) is 4.74. The van der Waals surface area contributed by atoms with Gasteiger partial charge in [0.15, 0.2) is 17.3 Å². The fourth-order valence-electron chi connectivity index (χ4n) is 2.06. The molecule has 0 N–H and O–H groups in total. The molecular formula is C19H22O4. The minimum Gasteiger partial charge on any atom is -0.493 e. The van der Waals surface area contributed by atoms with E-state index in [1.165, 1.54) is 6.08 Å². The van der Waals surface area contributed by atoms with E-state index in [4.69, 9.17) is 13.9 Å². The van der Waals surface area contributed by atoms with Crippen molar-refractivity contribution < 1.29 is 18.7 Å². The lowest BCUT2D eigenvalue weighted by atomic mass is 10.1. The van der Waals surface area contributed by atoms with Crippen molar-refractivity contribution >= 4 is 11.9 Å². The van der Waals surface area contributed by atoms with Crippen molar-refractivity contribution in [2.45, 2.75) is 26.7 Å². The predicted molar refractivity (Wildman–Crippen MR) is 90.2 cm³/mol. The van der Waals surface area contributed by atoms with Crippen molar-refractivity contribution in [3.63, 3.8) is 0 Å². The third-order valence-electron chi connectivity index (χ3n) is 3.35. The maximum absolute atomic E-state index is 12.0. The molecular weight excluding hydrogens is 292 g/mol. The van der Waals surface area contributed by atoms with Crippen LogP contribution in [0.4, 0.5) is 0 Å². The first-order valence-electron chi connectivity index (χ1n) is 7.73. The number of carbonyl (C=O) groups excluding carboxylic acids is 1. The van der Waals surface area contributed by atoms with E-state index in [1.54, 1.807) is 25.3 Å². The van der Waals surface area contributed by atoms with Gasteiger partial charge in [0, 0.05) is 0 Å². The van der Waals surface area contributed by atoms with Crippen LogP contribution in [0.1, 0.15) is 41.6 Å². The molecule has 2 aromatic rings. The highest BCUT2D eigenvalue weighted by Crippen LogP contribution is 2.28. The first-order valence-corrected chi connectivity index (χ1v) is 7.73. The molecule has 4 nitrogen and oxygen atoms in total. The summed E-state index contributed by atoms with van der Waals surface area (Å²) in [5.74, 6) is 2.27. The quantitative estimate of drug-likeness (QED) is 0.403. The van der Waals surface area contributed by atoms with E-state index in [-0.39, 0.29) is 5.78 Å². The van der Waals surface area contributed by atoms with Crippen LogP contribution in [0, 0.1) is 6.92 Å². The van der Waals surface area contributed by atoms with Crippen LogP contribution in [-0.2, 0) is 0 Å². The minimum atomic E-state index is -0.164. The minimum absolute atomic E-state index is 0.164. The molecule has 0 radical (unpaired) electrons. The number of allylic oxidation sites excluding steroid dienone is 1. The molecule has 0 aliphatic carbocycles. The largest absolute Gasteiger partial charge is 0.493 e. The van der Waals surface area contributed by atoms with Gasteiger partial charge in [-0.15, -0.1) is 0 Å². The Morgan fingerprint density at radius 1 is 1.22 bits per heavy atom. The Labute approximate surface area is 136 Å². The molecule has 1 heterocycles. The van der Waals surface area contributed by atoms with Crippen LogP contribution < -0.4 is 9.47 Å². The molecule has 0 amide bonds. The molecule has 1 aromatic heterocycles. The Morgan fingerprint density at radius 2 is 2.04 bits per heavy atom. The number of hydrogen-bond acceptors (Lipinski definition) is 4. The summed E-state index contributed by atoms with van der Waals surface area (Å²) in [5, 5.41) is 0. The zero-order valence-electron chi connectivity index (χ0n) is 13.8.